The molecule has 0 aliphatic heterocycles. The highest BCUT2D eigenvalue weighted by Crippen LogP contribution is 2.30. The standard InChI is InChI=1S/C13H10O4/c1-2-3-8-16-12-11(14)9-6-4-5-7-10(9)17-13(12)15/h1,4-7,14H,3,8H2. The predicted octanol–water partition coefficient (Wildman–Crippen LogP) is 1.90. The highest BCUT2D eigenvalue weighted by Gasteiger charge is 2.14. The van der Waals surface area contributed by atoms with Crippen LogP contribution in [0.1, 0.15) is 6.42 Å². The highest BCUT2D eigenvalue weighted by atomic mass is 16.5. The van der Waals surface area contributed by atoms with Gasteiger partial charge in [-0.2, -0.15) is 0 Å². The second-order valence-corrected chi connectivity index (χ2v) is 3.37. The van der Waals surface area contributed by atoms with Crippen LogP contribution in [0.3, 0.4) is 0 Å². The van der Waals surface area contributed by atoms with Crippen molar-refractivity contribution in [3.05, 3.63) is 34.7 Å². The van der Waals surface area contributed by atoms with Gasteiger partial charge in [-0.1, -0.05) is 12.1 Å². The normalized spacial score (nSPS) is 10.1. The fraction of sp³-hybridized carbons (Fsp3) is 0.154. The van der Waals surface area contributed by atoms with Crippen molar-refractivity contribution in [2.75, 3.05) is 6.61 Å². The second kappa shape index (κ2) is 4.62. The van der Waals surface area contributed by atoms with Gasteiger partial charge in [0, 0.05) is 6.42 Å². The molecule has 4 heteroatoms. The lowest BCUT2D eigenvalue weighted by atomic mass is 10.2. The van der Waals surface area contributed by atoms with E-state index in [9.17, 15) is 9.90 Å². The van der Waals surface area contributed by atoms with E-state index in [0.717, 1.165) is 0 Å². The molecule has 1 N–H and O–H groups in total. The zero-order chi connectivity index (χ0) is 12.3. The van der Waals surface area contributed by atoms with Crippen LogP contribution in [-0.2, 0) is 0 Å². The molecule has 0 unspecified atom stereocenters. The molecule has 4 nitrogen and oxygen atoms in total. The molecule has 0 radical (unpaired) electrons. The molecule has 0 fully saturated rings. The summed E-state index contributed by atoms with van der Waals surface area (Å²) in [6, 6.07) is 6.68. The van der Waals surface area contributed by atoms with Crippen molar-refractivity contribution in [1.29, 1.82) is 0 Å². The van der Waals surface area contributed by atoms with E-state index >= 15 is 0 Å². The summed E-state index contributed by atoms with van der Waals surface area (Å²) in [6.45, 7) is 0.160. The first-order valence-electron chi connectivity index (χ1n) is 5.05. The smallest absolute Gasteiger partial charge is 0.383 e. The second-order valence-electron chi connectivity index (χ2n) is 3.37. The van der Waals surface area contributed by atoms with Gasteiger partial charge in [-0.25, -0.2) is 4.79 Å². The molecule has 86 valence electrons. The van der Waals surface area contributed by atoms with Crippen molar-refractivity contribution >= 4 is 11.0 Å². The van der Waals surface area contributed by atoms with E-state index in [-0.39, 0.29) is 18.1 Å². The Hall–Kier alpha value is -2.41. The van der Waals surface area contributed by atoms with E-state index in [1.165, 1.54) is 0 Å². The van der Waals surface area contributed by atoms with E-state index in [1.807, 2.05) is 0 Å². The average Bonchev–Trinajstić information content (AvgIpc) is 2.33. The molecule has 2 aromatic rings. The molecular formula is C13H10O4. The molecule has 1 heterocycles. The van der Waals surface area contributed by atoms with Crippen LogP contribution < -0.4 is 10.4 Å². The number of fused-ring (bicyclic) bond motifs is 1. The van der Waals surface area contributed by atoms with Crippen LogP contribution in [0.4, 0.5) is 0 Å². The SMILES string of the molecule is C#CCCOc1c(O)c2ccccc2oc1=O. The van der Waals surface area contributed by atoms with Crippen molar-refractivity contribution < 1.29 is 14.3 Å². The third-order valence-electron chi connectivity index (χ3n) is 2.24. The molecular weight excluding hydrogens is 220 g/mol. The molecule has 2 rings (SSSR count). The Morgan fingerprint density at radius 3 is 2.94 bits per heavy atom. The van der Waals surface area contributed by atoms with Crippen molar-refractivity contribution in [2.45, 2.75) is 6.42 Å². The maximum atomic E-state index is 11.5. The molecule has 0 aliphatic rings. The summed E-state index contributed by atoms with van der Waals surface area (Å²) in [5.74, 6) is 1.97. The van der Waals surface area contributed by atoms with Gasteiger partial charge in [0.2, 0.25) is 5.75 Å². The van der Waals surface area contributed by atoms with E-state index < -0.39 is 5.63 Å². The summed E-state index contributed by atoms with van der Waals surface area (Å²) < 4.78 is 10.1. The largest absolute Gasteiger partial charge is 0.504 e. The van der Waals surface area contributed by atoms with Gasteiger partial charge in [0.1, 0.15) is 5.58 Å². The van der Waals surface area contributed by atoms with Crippen LogP contribution in [0.15, 0.2) is 33.5 Å². The third kappa shape index (κ3) is 2.08. The van der Waals surface area contributed by atoms with Crippen LogP contribution in [0.25, 0.3) is 11.0 Å². The number of para-hydroxylation sites is 1. The van der Waals surface area contributed by atoms with Crippen LogP contribution in [0.5, 0.6) is 11.5 Å². The summed E-state index contributed by atoms with van der Waals surface area (Å²) in [4.78, 5) is 11.5. The van der Waals surface area contributed by atoms with Crippen molar-refractivity contribution in [3.8, 4) is 23.8 Å². The number of terminal acetylenes is 1. The number of benzene rings is 1. The first-order chi connectivity index (χ1) is 8.24. The minimum atomic E-state index is -0.710. The summed E-state index contributed by atoms with van der Waals surface area (Å²) >= 11 is 0. The highest BCUT2D eigenvalue weighted by molar-refractivity contribution is 5.84. The quantitative estimate of drug-likeness (QED) is 0.497. The van der Waals surface area contributed by atoms with Crippen LogP contribution in [0.2, 0.25) is 0 Å². The summed E-state index contributed by atoms with van der Waals surface area (Å²) in [5, 5.41) is 10.3. The maximum Gasteiger partial charge on any atom is 0.383 e. The minimum Gasteiger partial charge on any atom is -0.504 e. The van der Waals surface area contributed by atoms with Gasteiger partial charge >= 0.3 is 5.63 Å². The maximum absolute atomic E-state index is 11.5. The third-order valence-corrected chi connectivity index (χ3v) is 2.24. The van der Waals surface area contributed by atoms with Gasteiger partial charge in [-0.15, -0.1) is 12.3 Å². The summed E-state index contributed by atoms with van der Waals surface area (Å²) in [6.07, 6.45) is 5.42. The fourth-order valence-corrected chi connectivity index (χ4v) is 1.46. The summed E-state index contributed by atoms with van der Waals surface area (Å²) in [5.41, 5.74) is -0.391. The van der Waals surface area contributed by atoms with Gasteiger partial charge in [0.05, 0.1) is 12.0 Å². The first-order valence-corrected chi connectivity index (χ1v) is 5.05. The van der Waals surface area contributed by atoms with E-state index in [0.29, 0.717) is 17.4 Å². The van der Waals surface area contributed by atoms with Crippen LogP contribution in [-0.4, -0.2) is 11.7 Å². The molecule has 17 heavy (non-hydrogen) atoms. The lowest BCUT2D eigenvalue weighted by Gasteiger charge is -2.06. The van der Waals surface area contributed by atoms with Gasteiger partial charge in [-0.3, -0.25) is 0 Å². The lowest BCUT2D eigenvalue weighted by molar-refractivity contribution is 0.292. The van der Waals surface area contributed by atoms with Crippen molar-refractivity contribution in [3.63, 3.8) is 0 Å². The topological polar surface area (TPSA) is 59.7 Å². The molecule has 0 saturated heterocycles. The summed E-state index contributed by atoms with van der Waals surface area (Å²) in [7, 11) is 0. The van der Waals surface area contributed by atoms with Gasteiger partial charge < -0.3 is 14.3 Å². The predicted molar refractivity (Wildman–Crippen MR) is 63.1 cm³/mol. The number of hydrogen-bond donors (Lipinski definition) is 1. The molecule has 0 bridgehead atoms. The molecule has 0 atom stereocenters. The number of aromatic hydroxyl groups is 1. The van der Waals surface area contributed by atoms with E-state index in [2.05, 4.69) is 5.92 Å². The number of rotatable bonds is 3. The molecule has 0 amide bonds. The molecule has 0 saturated carbocycles. The zero-order valence-electron chi connectivity index (χ0n) is 8.97. The van der Waals surface area contributed by atoms with Gasteiger partial charge in [-0.05, 0) is 12.1 Å². The Morgan fingerprint density at radius 2 is 2.18 bits per heavy atom. The van der Waals surface area contributed by atoms with E-state index in [1.54, 1.807) is 24.3 Å². The van der Waals surface area contributed by atoms with Crippen LogP contribution in [0, 0.1) is 12.3 Å². The Kier molecular flexibility index (Phi) is 3.01. The Labute approximate surface area is 97.4 Å². The molecule has 1 aromatic heterocycles. The van der Waals surface area contributed by atoms with Crippen LogP contribution >= 0.6 is 0 Å². The van der Waals surface area contributed by atoms with E-state index in [4.69, 9.17) is 15.6 Å². The minimum absolute atomic E-state index is 0.160. The number of hydrogen-bond acceptors (Lipinski definition) is 4. The van der Waals surface area contributed by atoms with Crippen molar-refractivity contribution in [1.82, 2.24) is 0 Å². The number of ether oxygens (including phenoxy) is 1. The Morgan fingerprint density at radius 1 is 1.41 bits per heavy atom. The zero-order valence-corrected chi connectivity index (χ0v) is 8.97. The lowest BCUT2D eigenvalue weighted by Crippen LogP contribution is -2.08. The Balaban J connectivity index is 2.49. The first kappa shape index (κ1) is 11.1. The van der Waals surface area contributed by atoms with Gasteiger partial charge in [0.15, 0.2) is 5.75 Å². The molecule has 0 spiro atoms. The average molecular weight is 230 g/mol. The monoisotopic (exact) mass is 230 g/mol. The molecule has 0 aliphatic carbocycles. The van der Waals surface area contributed by atoms with Gasteiger partial charge in [0.25, 0.3) is 0 Å². The Bertz CT molecular complexity index is 634. The molecule has 1 aromatic carbocycles. The fourth-order valence-electron chi connectivity index (χ4n) is 1.46. The van der Waals surface area contributed by atoms with Crippen molar-refractivity contribution in [2.24, 2.45) is 0 Å².